The van der Waals surface area contributed by atoms with Gasteiger partial charge in [0.15, 0.2) is 0 Å². The molecule has 2 aliphatic heterocycles. The zero-order valence-corrected chi connectivity index (χ0v) is 9.86. The summed E-state index contributed by atoms with van der Waals surface area (Å²) in [5.41, 5.74) is 0. The van der Waals surface area contributed by atoms with Crippen molar-refractivity contribution in [3.8, 4) is 0 Å². The molecule has 2 fully saturated rings. The van der Waals surface area contributed by atoms with Crippen LogP contribution in [-0.2, 0) is 9.47 Å². The van der Waals surface area contributed by atoms with Crippen LogP contribution in [-0.4, -0.2) is 84.6 Å². The minimum atomic E-state index is -1.00. The Balaban J connectivity index is 1.84. The molecule has 6 heteroatoms. The van der Waals surface area contributed by atoms with Gasteiger partial charge in [0.05, 0.1) is 32.5 Å². The zero-order chi connectivity index (χ0) is 12.3. The van der Waals surface area contributed by atoms with Crippen LogP contribution in [0.1, 0.15) is 0 Å². The first-order valence-corrected chi connectivity index (χ1v) is 6.11. The van der Waals surface area contributed by atoms with Crippen molar-refractivity contribution in [3.63, 3.8) is 0 Å². The van der Waals surface area contributed by atoms with Crippen molar-refractivity contribution in [2.24, 2.45) is 5.92 Å². The molecule has 0 aromatic heterocycles. The van der Waals surface area contributed by atoms with Gasteiger partial charge >= 0.3 is 0 Å². The van der Waals surface area contributed by atoms with E-state index in [-0.39, 0.29) is 12.5 Å². The summed E-state index contributed by atoms with van der Waals surface area (Å²) < 4.78 is 10.6. The molecular formula is C11H21NO5. The number of hydrogen-bond donors (Lipinski definition) is 3. The number of aliphatic hydroxyl groups excluding tert-OH is 3. The topological polar surface area (TPSA) is 82.4 Å². The van der Waals surface area contributed by atoms with Gasteiger partial charge < -0.3 is 24.8 Å². The molecule has 6 nitrogen and oxygen atoms in total. The van der Waals surface area contributed by atoms with Gasteiger partial charge in [0, 0.05) is 25.6 Å². The summed E-state index contributed by atoms with van der Waals surface area (Å²) in [6.45, 7) is 3.94. The molecule has 0 saturated carbocycles. The fourth-order valence-corrected chi connectivity index (χ4v) is 2.38. The quantitative estimate of drug-likeness (QED) is 0.537. The molecule has 17 heavy (non-hydrogen) atoms. The minimum absolute atomic E-state index is 0.106. The van der Waals surface area contributed by atoms with Crippen molar-refractivity contribution in [2.45, 2.75) is 18.3 Å². The van der Waals surface area contributed by atoms with E-state index in [0.717, 1.165) is 13.1 Å². The molecule has 0 spiro atoms. The highest BCUT2D eigenvalue weighted by Crippen LogP contribution is 2.21. The minimum Gasteiger partial charge on any atom is -0.394 e. The van der Waals surface area contributed by atoms with E-state index < -0.39 is 18.3 Å². The van der Waals surface area contributed by atoms with Crippen LogP contribution in [0, 0.1) is 5.92 Å². The molecule has 0 aromatic carbocycles. The highest BCUT2D eigenvalue weighted by molar-refractivity contribution is 4.88. The molecule has 0 aromatic rings. The third kappa shape index (κ3) is 3.15. The normalized spacial score (nSPS) is 40.4. The first kappa shape index (κ1) is 13.2. The molecule has 0 aliphatic carbocycles. The van der Waals surface area contributed by atoms with Crippen LogP contribution >= 0.6 is 0 Å². The van der Waals surface area contributed by atoms with Gasteiger partial charge in [-0.2, -0.15) is 0 Å². The van der Waals surface area contributed by atoms with E-state index in [1.54, 1.807) is 0 Å². The fraction of sp³-hybridized carbons (Fsp3) is 1.00. The molecule has 3 N–H and O–H groups in total. The Kier molecular flexibility index (Phi) is 4.72. The van der Waals surface area contributed by atoms with E-state index in [1.807, 2.05) is 0 Å². The summed E-state index contributed by atoms with van der Waals surface area (Å²) >= 11 is 0. The van der Waals surface area contributed by atoms with Crippen molar-refractivity contribution in [3.05, 3.63) is 0 Å². The first-order chi connectivity index (χ1) is 8.22. The summed E-state index contributed by atoms with van der Waals surface area (Å²) in [4.78, 5) is 2.20. The lowest BCUT2D eigenvalue weighted by molar-refractivity contribution is -0.179. The lowest BCUT2D eigenvalue weighted by Crippen LogP contribution is -2.55. The Labute approximate surface area is 101 Å². The Morgan fingerprint density at radius 2 is 1.82 bits per heavy atom. The third-order valence-corrected chi connectivity index (χ3v) is 3.51. The van der Waals surface area contributed by atoms with E-state index in [1.165, 1.54) is 0 Å². The summed E-state index contributed by atoms with van der Waals surface area (Å²) in [7, 11) is 0. The summed E-state index contributed by atoms with van der Waals surface area (Å²) in [6.07, 6.45) is -2.49. The van der Waals surface area contributed by atoms with Crippen LogP contribution in [0.25, 0.3) is 0 Å². The van der Waals surface area contributed by atoms with E-state index in [9.17, 15) is 10.2 Å². The van der Waals surface area contributed by atoms with E-state index in [0.29, 0.717) is 26.4 Å². The molecule has 2 aliphatic rings. The van der Waals surface area contributed by atoms with Crippen molar-refractivity contribution in [1.29, 1.82) is 0 Å². The van der Waals surface area contributed by atoms with Gasteiger partial charge in [-0.3, -0.25) is 4.90 Å². The van der Waals surface area contributed by atoms with Crippen LogP contribution in [0.2, 0.25) is 0 Å². The third-order valence-electron chi connectivity index (χ3n) is 3.51. The van der Waals surface area contributed by atoms with Gasteiger partial charge in [-0.15, -0.1) is 0 Å². The zero-order valence-electron chi connectivity index (χ0n) is 9.86. The molecule has 0 unspecified atom stereocenters. The van der Waals surface area contributed by atoms with E-state index in [4.69, 9.17) is 14.6 Å². The average molecular weight is 247 g/mol. The van der Waals surface area contributed by atoms with Gasteiger partial charge in [0.1, 0.15) is 12.2 Å². The molecule has 0 radical (unpaired) electrons. The summed E-state index contributed by atoms with van der Waals surface area (Å²) in [5.74, 6) is -0.106. The van der Waals surface area contributed by atoms with Gasteiger partial charge in [-0.05, 0) is 0 Å². The first-order valence-electron chi connectivity index (χ1n) is 6.11. The van der Waals surface area contributed by atoms with Crippen molar-refractivity contribution in [2.75, 3.05) is 46.1 Å². The summed E-state index contributed by atoms with van der Waals surface area (Å²) in [5, 5.41) is 28.7. The fourth-order valence-electron chi connectivity index (χ4n) is 2.38. The van der Waals surface area contributed by atoms with E-state index in [2.05, 4.69) is 4.90 Å². The maximum absolute atomic E-state index is 9.97. The van der Waals surface area contributed by atoms with Crippen molar-refractivity contribution >= 4 is 0 Å². The number of hydrogen-bond acceptors (Lipinski definition) is 6. The lowest BCUT2D eigenvalue weighted by atomic mass is 9.92. The van der Waals surface area contributed by atoms with Gasteiger partial charge in [-0.1, -0.05) is 0 Å². The predicted octanol–water partition coefficient (Wildman–Crippen LogP) is -1.95. The van der Waals surface area contributed by atoms with Gasteiger partial charge in [0.25, 0.3) is 0 Å². The second kappa shape index (κ2) is 6.08. The number of morpholine rings is 1. The largest absolute Gasteiger partial charge is 0.394 e. The monoisotopic (exact) mass is 247 g/mol. The maximum Gasteiger partial charge on any atom is 0.109 e. The smallest absolute Gasteiger partial charge is 0.109 e. The highest BCUT2D eigenvalue weighted by Gasteiger charge is 2.38. The molecule has 2 heterocycles. The Morgan fingerprint density at radius 3 is 2.47 bits per heavy atom. The number of rotatable bonds is 3. The van der Waals surface area contributed by atoms with Gasteiger partial charge in [-0.25, -0.2) is 0 Å². The SMILES string of the molecule is OC[C@H]1OC[C@H](CN2CCOCC2)[C@@H](O)[C@H]1O. The Bertz CT molecular complexity index is 234. The molecule has 100 valence electrons. The average Bonchev–Trinajstić information content (AvgIpc) is 2.37. The molecule has 0 amide bonds. The molecule has 4 atom stereocenters. The van der Waals surface area contributed by atoms with Crippen LogP contribution < -0.4 is 0 Å². The number of aliphatic hydroxyl groups is 3. The van der Waals surface area contributed by atoms with Crippen molar-refractivity contribution < 1.29 is 24.8 Å². The predicted molar refractivity (Wildman–Crippen MR) is 59.6 cm³/mol. The lowest BCUT2D eigenvalue weighted by Gasteiger charge is -2.39. The molecule has 0 bridgehead atoms. The van der Waals surface area contributed by atoms with Crippen molar-refractivity contribution in [1.82, 2.24) is 4.90 Å². The molecular weight excluding hydrogens is 226 g/mol. The summed E-state index contributed by atoms with van der Waals surface area (Å²) in [6, 6.07) is 0. The van der Waals surface area contributed by atoms with E-state index >= 15 is 0 Å². The van der Waals surface area contributed by atoms with Crippen LogP contribution in [0.3, 0.4) is 0 Å². The number of ether oxygens (including phenoxy) is 2. The number of nitrogens with zero attached hydrogens (tertiary/aromatic N) is 1. The van der Waals surface area contributed by atoms with Crippen LogP contribution in [0.5, 0.6) is 0 Å². The Morgan fingerprint density at radius 1 is 1.12 bits per heavy atom. The molecule has 2 saturated heterocycles. The van der Waals surface area contributed by atoms with Crippen LogP contribution in [0.15, 0.2) is 0 Å². The second-order valence-corrected chi connectivity index (χ2v) is 4.71. The maximum atomic E-state index is 9.97. The molecule has 2 rings (SSSR count). The van der Waals surface area contributed by atoms with Gasteiger partial charge in [0.2, 0.25) is 0 Å². The highest BCUT2D eigenvalue weighted by atomic mass is 16.5. The Hall–Kier alpha value is -0.240. The van der Waals surface area contributed by atoms with Crippen LogP contribution in [0.4, 0.5) is 0 Å². The second-order valence-electron chi connectivity index (χ2n) is 4.71. The standard InChI is InChI=1S/C11H21NO5/c13-6-9-11(15)10(14)8(7-17-9)5-12-1-3-16-4-2-12/h8-11,13-15H,1-7H2/t8-,9+,10+,11-/m0/s1.